The van der Waals surface area contributed by atoms with Crippen LogP contribution in [0.5, 0.6) is 0 Å². The van der Waals surface area contributed by atoms with Gasteiger partial charge in [0, 0.05) is 24.8 Å². The molecular weight excluding hydrogens is 420 g/mol. The SMILES string of the molecule is Cc1cccc(-c2n[nH]c(=S)n2CCC(=O)NC(C)c2ccc(S(C)(=O)=O)cc2)c1. The van der Waals surface area contributed by atoms with E-state index in [0.717, 1.165) is 16.7 Å². The maximum absolute atomic E-state index is 12.5. The minimum Gasteiger partial charge on any atom is -0.350 e. The molecule has 1 atom stereocenters. The smallest absolute Gasteiger partial charge is 0.222 e. The minimum atomic E-state index is -3.24. The molecule has 1 unspecified atom stereocenters. The number of hydrogen-bond donors (Lipinski definition) is 2. The van der Waals surface area contributed by atoms with Crippen molar-refractivity contribution < 1.29 is 13.2 Å². The standard InChI is InChI=1S/C21H24N4O3S2/c1-14-5-4-6-17(13-14)20-23-24-21(29)25(20)12-11-19(26)22-15(2)16-7-9-18(10-8-16)30(3,27)28/h4-10,13,15H,11-12H2,1-3H3,(H,22,26)(H,24,29). The highest BCUT2D eigenvalue weighted by Gasteiger charge is 2.14. The van der Waals surface area contributed by atoms with Crippen LogP contribution in [-0.4, -0.2) is 35.3 Å². The van der Waals surface area contributed by atoms with Gasteiger partial charge in [-0.3, -0.25) is 14.5 Å². The highest BCUT2D eigenvalue weighted by Crippen LogP contribution is 2.19. The van der Waals surface area contributed by atoms with Gasteiger partial charge in [0.1, 0.15) is 0 Å². The maximum atomic E-state index is 12.5. The molecule has 30 heavy (non-hydrogen) atoms. The van der Waals surface area contributed by atoms with Crippen molar-refractivity contribution in [1.82, 2.24) is 20.1 Å². The molecule has 0 bridgehead atoms. The van der Waals surface area contributed by atoms with Crippen molar-refractivity contribution >= 4 is 28.0 Å². The van der Waals surface area contributed by atoms with Gasteiger partial charge in [0.2, 0.25) is 5.91 Å². The second-order valence-corrected chi connectivity index (χ2v) is 9.66. The summed E-state index contributed by atoms with van der Waals surface area (Å²) in [6.45, 7) is 4.26. The zero-order valence-electron chi connectivity index (χ0n) is 17.0. The van der Waals surface area contributed by atoms with Gasteiger partial charge in [0.15, 0.2) is 20.4 Å². The van der Waals surface area contributed by atoms with Gasteiger partial charge in [0.25, 0.3) is 0 Å². The number of amides is 1. The number of rotatable bonds is 7. The van der Waals surface area contributed by atoms with Crippen LogP contribution in [0.1, 0.15) is 30.5 Å². The molecule has 7 nitrogen and oxygen atoms in total. The fraction of sp³-hybridized carbons (Fsp3) is 0.286. The average molecular weight is 445 g/mol. The Morgan fingerprint density at radius 2 is 1.93 bits per heavy atom. The van der Waals surface area contributed by atoms with E-state index in [-0.39, 0.29) is 23.3 Å². The Bertz CT molecular complexity index is 1210. The first kappa shape index (κ1) is 21.9. The van der Waals surface area contributed by atoms with Gasteiger partial charge in [-0.1, -0.05) is 35.9 Å². The number of hydrogen-bond acceptors (Lipinski definition) is 5. The number of aromatic nitrogens is 3. The molecule has 0 radical (unpaired) electrons. The number of sulfone groups is 1. The van der Waals surface area contributed by atoms with Crippen molar-refractivity contribution in [2.75, 3.05) is 6.26 Å². The maximum Gasteiger partial charge on any atom is 0.222 e. The lowest BCUT2D eigenvalue weighted by Gasteiger charge is -2.15. The van der Waals surface area contributed by atoms with Gasteiger partial charge in [-0.25, -0.2) is 8.42 Å². The fourth-order valence-electron chi connectivity index (χ4n) is 3.14. The second kappa shape index (κ2) is 8.93. The number of nitrogens with one attached hydrogen (secondary N) is 2. The summed E-state index contributed by atoms with van der Waals surface area (Å²) in [4.78, 5) is 12.7. The number of aromatic amines is 1. The predicted octanol–water partition coefficient (Wildman–Crippen LogP) is 3.59. The second-order valence-electron chi connectivity index (χ2n) is 7.25. The molecule has 1 aromatic heterocycles. The quantitative estimate of drug-likeness (QED) is 0.543. The molecule has 0 spiro atoms. The molecule has 3 aromatic rings. The van der Waals surface area contributed by atoms with Gasteiger partial charge in [-0.2, -0.15) is 5.10 Å². The molecule has 9 heteroatoms. The van der Waals surface area contributed by atoms with E-state index < -0.39 is 9.84 Å². The third-order valence-electron chi connectivity index (χ3n) is 4.78. The number of nitrogens with zero attached hydrogens (tertiary/aromatic N) is 2. The van der Waals surface area contributed by atoms with Crippen LogP contribution >= 0.6 is 12.2 Å². The summed E-state index contributed by atoms with van der Waals surface area (Å²) in [5, 5.41) is 10.0. The van der Waals surface area contributed by atoms with Crippen LogP contribution in [0.2, 0.25) is 0 Å². The Labute approximate surface area is 181 Å². The Morgan fingerprint density at radius 3 is 2.57 bits per heavy atom. The first-order valence-electron chi connectivity index (χ1n) is 9.47. The summed E-state index contributed by atoms with van der Waals surface area (Å²) in [7, 11) is -3.24. The number of benzene rings is 2. The van der Waals surface area contributed by atoms with Gasteiger partial charge in [-0.15, -0.1) is 0 Å². The van der Waals surface area contributed by atoms with Crippen molar-refractivity contribution in [2.24, 2.45) is 0 Å². The molecule has 0 fully saturated rings. The number of H-pyrrole nitrogens is 1. The van der Waals surface area contributed by atoms with E-state index in [1.165, 1.54) is 6.26 Å². The molecule has 0 saturated heterocycles. The third kappa shape index (κ3) is 5.22. The van der Waals surface area contributed by atoms with Gasteiger partial charge >= 0.3 is 0 Å². The highest BCUT2D eigenvalue weighted by atomic mass is 32.2. The molecule has 1 heterocycles. The van der Waals surface area contributed by atoms with Crippen LogP contribution in [-0.2, 0) is 21.2 Å². The lowest BCUT2D eigenvalue weighted by molar-refractivity contribution is -0.121. The van der Waals surface area contributed by atoms with Crippen molar-refractivity contribution in [1.29, 1.82) is 0 Å². The van der Waals surface area contributed by atoms with E-state index in [0.29, 0.717) is 17.1 Å². The third-order valence-corrected chi connectivity index (χ3v) is 6.22. The van der Waals surface area contributed by atoms with Crippen LogP contribution in [0.25, 0.3) is 11.4 Å². The summed E-state index contributed by atoms with van der Waals surface area (Å²) < 4.78 is 25.4. The van der Waals surface area contributed by atoms with Crippen LogP contribution in [0, 0.1) is 11.7 Å². The monoisotopic (exact) mass is 444 g/mol. The summed E-state index contributed by atoms with van der Waals surface area (Å²) in [6, 6.07) is 14.2. The van der Waals surface area contributed by atoms with Gasteiger partial charge in [0.05, 0.1) is 10.9 Å². The van der Waals surface area contributed by atoms with Crippen LogP contribution in [0.15, 0.2) is 53.4 Å². The molecule has 3 rings (SSSR count). The summed E-state index contributed by atoms with van der Waals surface area (Å²) in [5.41, 5.74) is 2.87. The number of carbonyl (C=O) groups excluding carboxylic acids is 1. The van der Waals surface area contributed by atoms with E-state index in [1.807, 2.05) is 42.7 Å². The normalized spacial score (nSPS) is 12.5. The zero-order chi connectivity index (χ0) is 21.9. The minimum absolute atomic E-state index is 0.131. The molecule has 2 aromatic carbocycles. The lowest BCUT2D eigenvalue weighted by atomic mass is 10.1. The molecule has 0 saturated carbocycles. The van der Waals surface area contributed by atoms with Crippen LogP contribution in [0.3, 0.4) is 0 Å². The van der Waals surface area contributed by atoms with Crippen molar-refractivity contribution in [3.8, 4) is 11.4 Å². The van der Waals surface area contributed by atoms with Crippen LogP contribution < -0.4 is 5.32 Å². The summed E-state index contributed by atoms with van der Waals surface area (Å²) >= 11 is 5.33. The van der Waals surface area contributed by atoms with E-state index in [1.54, 1.807) is 24.3 Å². The van der Waals surface area contributed by atoms with Crippen molar-refractivity contribution in [3.63, 3.8) is 0 Å². The fourth-order valence-corrected chi connectivity index (χ4v) is 4.00. The largest absolute Gasteiger partial charge is 0.350 e. The van der Waals surface area contributed by atoms with E-state index in [4.69, 9.17) is 12.2 Å². The Balaban J connectivity index is 1.65. The lowest BCUT2D eigenvalue weighted by Crippen LogP contribution is -2.27. The zero-order valence-corrected chi connectivity index (χ0v) is 18.7. The molecule has 2 N–H and O–H groups in total. The predicted molar refractivity (Wildman–Crippen MR) is 118 cm³/mol. The summed E-state index contributed by atoms with van der Waals surface area (Å²) in [5.74, 6) is 0.564. The van der Waals surface area contributed by atoms with Crippen molar-refractivity contribution in [3.05, 3.63) is 64.4 Å². The summed E-state index contributed by atoms with van der Waals surface area (Å²) in [6.07, 6.45) is 1.40. The molecule has 0 aliphatic rings. The number of carbonyl (C=O) groups is 1. The Hall–Kier alpha value is -2.78. The Kier molecular flexibility index (Phi) is 6.52. The first-order valence-corrected chi connectivity index (χ1v) is 11.8. The average Bonchev–Trinajstić information content (AvgIpc) is 3.06. The Morgan fingerprint density at radius 1 is 1.23 bits per heavy atom. The van der Waals surface area contributed by atoms with E-state index in [9.17, 15) is 13.2 Å². The van der Waals surface area contributed by atoms with Gasteiger partial charge in [-0.05, 0) is 49.8 Å². The van der Waals surface area contributed by atoms with E-state index in [2.05, 4.69) is 15.5 Å². The van der Waals surface area contributed by atoms with E-state index >= 15 is 0 Å². The highest BCUT2D eigenvalue weighted by molar-refractivity contribution is 7.90. The molecule has 0 aliphatic carbocycles. The topological polar surface area (TPSA) is 96.8 Å². The molecule has 158 valence electrons. The van der Waals surface area contributed by atoms with Crippen LogP contribution in [0.4, 0.5) is 0 Å². The first-order chi connectivity index (χ1) is 14.1. The molecule has 0 aliphatic heterocycles. The molecule has 1 amide bonds. The number of aryl methyl sites for hydroxylation is 1. The van der Waals surface area contributed by atoms with Gasteiger partial charge < -0.3 is 5.32 Å². The van der Waals surface area contributed by atoms with Crippen molar-refractivity contribution in [2.45, 2.75) is 37.8 Å². The molecular formula is C21H24N4O3S2.